The zero-order valence-electron chi connectivity index (χ0n) is 13.6. The van der Waals surface area contributed by atoms with Gasteiger partial charge in [-0.1, -0.05) is 36.4 Å². The number of aromatic amines is 1. The molecule has 0 bridgehead atoms. The maximum absolute atomic E-state index is 11.5. The number of rotatable bonds is 3. The summed E-state index contributed by atoms with van der Waals surface area (Å²) < 4.78 is 0. The van der Waals surface area contributed by atoms with Crippen LogP contribution >= 0.6 is 0 Å². The molecule has 3 aromatic rings. The number of para-hydroxylation sites is 2. The smallest absolute Gasteiger partial charge is 0.217 e. The number of H-pyrrole nitrogens is 1. The lowest BCUT2D eigenvalue weighted by Gasteiger charge is -2.36. The van der Waals surface area contributed by atoms with E-state index in [1.807, 2.05) is 6.20 Å². The molecule has 0 radical (unpaired) electrons. The van der Waals surface area contributed by atoms with E-state index in [1.54, 1.807) is 6.92 Å². The van der Waals surface area contributed by atoms with Gasteiger partial charge >= 0.3 is 0 Å². The summed E-state index contributed by atoms with van der Waals surface area (Å²) in [6.45, 7) is 3.17. The molecule has 2 heterocycles. The largest absolute Gasteiger partial charge is 0.365 e. The Morgan fingerprint density at radius 2 is 2.17 bits per heavy atom. The zero-order valence-corrected chi connectivity index (χ0v) is 13.6. The first-order valence-electron chi connectivity index (χ1n) is 8.21. The molecular formula is C19H20N4O. The van der Waals surface area contributed by atoms with Crippen LogP contribution in [0.2, 0.25) is 0 Å². The van der Waals surface area contributed by atoms with Gasteiger partial charge in [-0.15, -0.1) is 0 Å². The normalized spacial score (nSPS) is 16.9. The van der Waals surface area contributed by atoms with Crippen molar-refractivity contribution in [2.75, 3.05) is 11.4 Å². The fourth-order valence-electron chi connectivity index (χ4n) is 3.59. The fraction of sp³-hybridized carbons (Fsp3) is 0.263. The van der Waals surface area contributed by atoms with Crippen molar-refractivity contribution in [1.82, 2.24) is 15.5 Å². The van der Waals surface area contributed by atoms with Gasteiger partial charge in [-0.3, -0.25) is 9.89 Å². The van der Waals surface area contributed by atoms with Crippen molar-refractivity contribution < 1.29 is 4.79 Å². The predicted molar refractivity (Wildman–Crippen MR) is 94.9 cm³/mol. The Balaban J connectivity index is 1.68. The van der Waals surface area contributed by atoms with Crippen LogP contribution in [-0.4, -0.2) is 28.7 Å². The van der Waals surface area contributed by atoms with E-state index in [0.29, 0.717) is 0 Å². The first-order valence-corrected chi connectivity index (χ1v) is 8.21. The number of nitrogens with zero attached hydrogens (tertiary/aromatic N) is 2. The average Bonchev–Trinajstić information content (AvgIpc) is 3.04. The molecule has 4 rings (SSSR count). The van der Waals surface area contributed by atoms with Crippen LogP contribution in [0, 0.1) is 0 Å². The summed E-state index contributed by atoms with van der Waals surface area (Å²) in [5.41, 5.74) is 4.81. The van der Waals surface area contributed by atoms with E-state index in [0.717, 1.165) is 30.4 Å². The molecule has 0 saturated carbocycles. The summed E-state index contributed by atoms with van der Waals surface area (Å²) in [5.74, 6) is 0.0231. The minimum atomic E-state index is 0.0231. The molecule has 1 unspecified atom stereocenters. The maximum Gasteiger partial charge on any atom is 0.217 e. The lowest BCUT2D eigenvalue weighted by atomic mass is 9.97. The molecule has 0 saturated heterocycles. The van der Waals surface area contributed by atoms with E-state index in [9.17, 15) is 4.79 Å². The number of fused-ring (bicyclic) bond motifs is 2. The molecular weight excluding hydrogens is 300 g/mol. The van der Waals surface area contributed by atoms with E-state index in [-0.39, 0.29) is 11.9 Å². The molecule has 0 fully saturated rings. The van der Waals surface area contributed by atoms with Crippen molar-refractivity contribution in [3.63, 3.8) is 0 Å². The molecule has 5 heteroatoms. The van der Waals surface area contributed by atoms with Crippen molar-refractivity contribution in [1.29, 1.82) is 0 Å². The van der Waals surface area contributed by atoms with Crippen LogP contribution in [0.4, 0.5) is 5.69 Å². The van der Waals surface area contributed by atoms with Crippen molar-refractivity contribution in [2.45, 2.75) is 25.9 Å². The van der Waals surface area contributed by atoms with Crippen LogP contribution in [0.15, 0.2) is 48.7 Å². The number of benzene rings is 2. The highest BCUT2D eigenvalue weighted by Crippen LogP contribution is 2.29. The molecule has 1 aliphatic heterocycles. The first kappa shape index (κ1) is 14.8. The second-order valence-corrected chi connectivity index (χ2v) is 6.36. The van der Waals surface area contributed by atoms with Gasteiger partial charge in [0.1, 0.15) is 0 Å². The van der Waals surface area contributed by atoms with Crippen LogP contribution in [0.3, 0.4) is 0 Å². The number of nitrogens with one attached hydrogen (secondary N) is 2. The van der Waals surface area contributed by atoms with Crippen LogP contribution in [0.1, 0.15) is 18.1 Å². The van der Waals surface area contributed by atoms with Crippen molar-refractivity contribution in [3.05, 3.63) is 59.8 Å². The first-order chi connectivity index (χ1) is 11.7. The van der Waals surface area contributed by atoms with Gasteiger partial charge < -0.3 is 10.2 Å². The van der Waals surface area contributed by atoms with Crippen molar-refractivity contribution in [2.24, 2.45) is 0 Å². The van der Waals surface area contributed by atoms with Gasteiger partial charge in [0.25, 0.3) is 0 Å². The minimum Gasteiger partial charge on any atom is -0.365 e. The van der Waals surface area contributed by atoms with E-state index in [2.05, 4.69) is 62.9 Å². The number of anilines is 1. The number of hydrogen-bond donors (Lipinski definition) is 2. The Morgan fingerprint density at radius 1 is 1.29 bits per heavy atom. The molecule has 1 amide bonds. The Labute approximate surface area is 140 Å². The Hall–Kier alpha value is -2.82. The third-order valence-corrected chi connectivity index (χ3v) is 4.57. The molecule has 122 valence electrons. The summed E-state index contributed by atoms with van der Waals surface area (Å²) in [4.78, 5) is 13.8. The van der Waals surface area contributed by atoms with E-state index < -0.39 is 0 Å². The quantitative estimate of drug-likeness (QED) is 0.780. The minimum absolute atomic E-state index is 0.0231. The molecule has 0 spiro atoms. The molecule has 5 nitrogen and oxygen atoms in total. The lowest BCUT2D eigenvalue weighted by Crippen LogP contribution is -2.47. The van der Waals surface area contributed by atoms with Crippen LogP contribution in [0.25, 0.3) is 10.9 Å². The SMILES string of the molecule is CC(=O)NC1Cc2ccccc2N(Cc2cccc3cn[nH]c23)C1. The van der Waals surface area contributed by atoms with Gasteiger partial charge in [-0.2, -0.15) is 5.10 Å². The van der Waals surface area contributed by atoms with Crippen LogP contribution < -0.4 is 10.2 Å². The Kier molecular flexibility index (Phi) is 3.69. The number of amides is 1. The highest BCUT2D eigenvalue weighted by atomic mass is 16.1. The van der Waals surface area contributed by atoms with Crippen molar-refractivity contribution in [3.8, 4) is 0 Å². The zero-order chi connectivity index (χ0) is 16.5. The number of aromatic nitrogens is 2. The third-order valence-electron chi connectivity index (χ3n) is 4.57. The molecule has 2 N–H and O–H groups in total. The summed E-state index contributed by atoms with van der Waals surface area (Å²) in [6.07, 6.45) is 2.73. The third kappa shape index (κ3) is 2.73. The molecule has 2 aromatic carbocycles. The number of carbonyl (C=O) groups is 1. The highest BCUT2D eigenvalue weighted by Gasteiger charge is 2.25. The monoisotopic (exact) mass is 320 g/mol. The molecule has 1 atom stereocenters. The van der Waals surface area contributed by atoms with Gasteiger partial charge in [-0.05, 0) is 23.6 Å². The summed E-state index contributed by atoms with van der Waals surface area (Å²) >= 11 is 0. The van der Waals surface area contributed by atoms with Gasteiger partial charge in [-0.25, -0.2) is 0 Å². The van der Waals surface area contributed by atoms with E-state index in [1.165, 1.54) is 16.8 Å². The molecule has 1 aliphatic rings. The number of hydrogen-bond acceptors (Lipinski definition) is 3. The van der Waals surface area contributed by atoms with Crippen molar-refractivity contribution >= 4 is 22.5 Å². The highest BCUT2D eigenvalue weighted by molar-refractivity contribution is 5.81. The van der Waals surface area contributed by atoms with Gasteiger partial charge in [0, 0.05) is 31.1 Å². The Bertz CT molecular complexity index is 886. The van der Waals surface area contributed by atoms with Gasteiger partial charge in [0.15, 0.2) is 0 Å². The fourth-order valence-corrected chi connectivity index (χ4v) is 3.59. The average molecular weight is 320 g/mol. The number of carbonyl (C=O) groups excluding carboxylic acids is 1. The Morgan fingerprint density at radius 3 is 3.04 bits per heavy atom. The molecule has 24 heavy (non-hydrogen) atoms. The van der Waals surface area contributed by atoms with Crippen LogP contribution in [-0.2, 0) is 17.8 Å². The lowest BCUT2D eigenvalue weighted by molar-refractivity contribution is -0.119. The predicted octanol–water partition coefficient (Wildman–Crippen LogP) is 2.63. The van der Waals surface area contributed by atoms with Gasteiger partial charge in [0.05, 0.1) is 17.8 Å². The van der Waals surface area contributed by atoms with E-state index >= 15 is 0 Å². The second kappa shape index (κ2) is 6.00. The summed E-state index contributed by atoms with van der Waals surface area (Å²) in [6, 6.07) is 14.8. The topological polar surface area (TPSA) is 61.0 Å². The van der Waals surface area contributed by atoms with Gasteiger partial charge in [0.2, 0.25) is 5.91 Å². The molecule has 0 aliphatic carbocycles. The maximum atomic E-state index is 11.5. The second-order valence-electron chi connectivity index (χ2n) is 6.36. The molecule has 1 aromatic heterocycles. The van der Waals surface area contributed by atoms with E-state index in [4.69, 9.17) is 0 Å². The van der Waals surface area contributed by atoms with Crippen LogP contribution in [0.5, 0.6) is 0 Å². The summed E-state index contributed by atoms with van der Waals surface area (Å²) in [7, 11) is 0. The summed E-state index contributed by atoms with van der Waals surface area (Å²) in [5, 5.41) is 11.4. The standard InChI is InChI=1S/C19H20N4O/c1-13(24)21-17-9-14-5-2-3-8-18(14)23(12-17)11-16-7-4-6-15-10-20-22-19(15)16/h2-8,10,17H,9,11-12H2,1H3,(H,20,22)(H,21,24).